The number of aromatic amines is 1. The Morgan fingerprint density at radius 1 is 1.53 bits per heavy atom. The normalized spacial score (nSPS) is 11.4. The van der Waals surface area contributed by atoms with Gasteiger partial charge in [0.05, 0.1) is 11.4 Å². The second kappa shape index (κ2) is 3.97. The van der Waals surface area contributed by atoms with Gasteiger partial charge >= 0.3 is 0 Å². The summed E-state index contributed by atoms with van der Waals surface area (Å²) in [7, 11) is 0. The molecule has 0 bridgehead atoms. The molecule has 88 valence electrons. The van der Waals surface area contributed by atoms with Crippen molar-refractivity contribution in [3.05, 3.63) is 29.0 Å². The lowest BCUT2D eigenvalue weighted by atomic mass is 10.3. The van der Waals surface area contributed by atoms with Crippen molar-refractivity contribution in [2.75, 3.05) is 6.54 Å². The molecule has 0 radical (unpaired) electrons. The average Bonchev–Trinajstić information content (AvgIpc) is 2.93. The van der Waals surface area contributed by atoms with Gasteiger partial charge in [-0.3, -0.25) is 9.50 Å². The Morgan fingerprint density at radius 2 is 2.41 bits per heavy atom. The number of hydrogen-bond donors (Lipinski definition) is 2. The van der Waals surface area contributed by atoms with Crippen LogP contribution in [0.4, 0.5) is 0 Å². The van der Waals surface area contributed by atoms with Crippen LogP contribution in [0.25, 0.3) is 16.3 Å². The summed E-state index contributed by atoms with van der Waals surface area (Å²) in [6.45, 7) is 2.62. The quantitative estimate of drug-likeness (QED) is 0.738. The molecule has 0 saturated carbocycles. The van der Waals surface area contributed by atoms with Gasteiger partial charge in [-0.15, -0.1) is 11.3 Å². The first-order valence-corrected chi connectivity index (χ1v) is 6.34. The first kappa shape index (κ1) is 10.5. The SMILES string of the molecule is Cc1cc(-c2csc3nc(CCN)cn23)n[nH]1. The predicted octanol–water partition coefficient (Wildman–Crippen LogP) is 1.60. The van der Waals surface area contributed by atoms with Crippen molar-refractivity contribution in [1.29, 1.82) is 0 Å². The summed E-state index contributed by atoms with van der Waals surface area (Å²) in [6.07, 6.45) is 2.85. The zero-order valence-corrected chi connectivity index (χ0v) is 10.3. The number of fused-ring (bicyclic) bond motifs is 1. The van der Waals surface area contributed by atoms with Gasteiger partial charge in [0.1, 0.15) is 5.69 Å². The Kier molecular flexibility index (Phi) is 2.45. The third-order valence-corrected chi connectivity index (χ3v) is 3.47. The monoisotopic (exact) mass is 247 g/mol. The summed E-state index contributed by atoms with van der Waals surface area (Å²) in [4.78, 5) is 5.51. The number of aromatic nitrogens is 4. The van der Waals surface area contributed by atoms with E-state index in [4.69, 9.17) is 5.73 Å². The lowest BCUT2D eigenvalue weighted by Crippen LogP contribution is -2.02. The minimum atomic E-state index is 0.627. The molecule has 3 aromatic rings. The maximum atomic E-state index is 5.54. The molecule has 0 aliphatic heterocycles. The molecule has 5 nitrogen and oxygen atoms in total. The summed E-state index contributed by atoms with van der Waals surface area (Å²) in [5, 5.41) is 9.30. The number of imidazole rings is 1. The van der Waals surface area contributed by atoms with E-state index in [1.807, 2.05) is 19.2 Å². The van der Waals surface area contributed by atoms with Crippen LogP contribution in [-0.4, -0.2) is 26.1 Å². The van der Waals surface area contributed by atoms with Gasteiger partial charge in [0.2, 0.25) is 0 Å². The predicted molar refractivity (Wildman–Crippen MR) is 68.1 cm³/mol. The number of aryl methyl sites for hydroxylation is 1. The van der Waals surface area contributed by atoms with Gasteiger partial charge < -0.3 is 5.73 Å². The fourth-order valence-corrected chi connectivity index (χ4v) is 2.72. The molecule has 0 saturated heterocycles. The molecule has 0 spiro atoms. The number of nitrogens with two attached hydrogens (primary N) is 1. The Bertz CT molecular complexity index is 648. The van der Waals surface area contributed by atoms with E-state index in [2.05, 4.69) is 25.0 Å². The second-order valence-electron chi connectivity index (χ2n) is 3.98. The molecule has 0 atom stereocenters. The molecular weight excluding hydrogens is 234 g/mol. The Balaban J connectivity index is 2.10. The summed E-state index contributed by atoms with van der Waals surface area (Å²) in [6, 6.07) is 2.03. The van der Waals surface area contributed by atoms with Gasteiger partial charge in [-0.1, -0.05) is 0 Å². The lowest BCUT2D eigenvalue weighted by Gasteiger charge is -1.92. The van der Waals surface area contributed by atoms with Crippen molar-refractivity contribution < 1.29 is 0 Å². The van der Waals surface area contributed by atoms with Gasteiger partial charge in [-0.2, -0.15) is 5.10 Å². The third-order valence-electron chi connectivity index (χ3n) is 2.63. The highest BCUT2D eigenvalue weighted by Gasteiger charge is 2.11. The first-order valence-electron chi connectivity index (χ1n) is 5.46. The van der Waals surface area contributed by atoms with Crippen molar-refractivity contribution in [1.82, 2.24) is 19.6 Å². The molecule has 0 amide bonds. The average molecular weight is 247 g/mol. The van der Waals surface area contributed by atoms with E-state index in [0.717, 1.165) is 34.2 Å². The summed E-state index contributed by atoms with van der Waals surface area (Å²) in [5.74, 6) is 0. The van der Waals surface area contributed by atoms with E-state index in [1.54, 1.807) is 11.3 Å². The minimum Gasteiger partial charge on any atom is -0.330 e. The summed E-state index contributed by atoms with van der Waals surface area (Å²) in [5.41, 5.74) is 9.66. The van der Waals surface area contributed by atoms with Crippen molar-refractivity contribution >= 4 is 16.3 Å². The van der Waals surface area contributed by atoms with Crippen LogP contribution >= 0.6 is 11.3 Å². The van der Waals surface area contributed by atoms with Crippen molar-refractivity contribution in [3.63, 3.8) is 0 Å². The third kappa shape index (κ3) is 1.75. The van der Waals surface area contributed by atoms with Gasteiger partial charge in [0, 0.05) is 23.7 Å². The van der Waals surface area contributed by atoms with Crippen LogP contribution in [0.5, 0.6) is 0 Å². The van der Waals surface area contributed by atoms with E-state index in [0.29, 0.717) is 6.54 Å². The maximum Gasteiger partial charge on any atom is 0.194 e. The van der Waals surface area contributed by atoms with Crippen LogP contribution in [0.2, 0.25) is 0 Å². The van der Waals surface area contributed by atoms with Crippen LogP contribution < -0.4 is 5.73 Å². The number of hydrogen-bond acceptors (Lipinski definition) is 4. The highest BCUT2D eigenvalue weighted by atomic mass is 32.1. The molecule has 3 rings (SSSR count). The molecule has 17 heavy (non-hydrogen) atoms. The Morgan fingerprint density at radius 3 is 3.12 bits per heavy atom. The largest absolute Gasteiger partial charge is 0.330 e. The number of nitrogens with one attached hydrogen (secondary N) is 1. The zero-order chi connectivity index (χ0) is 11.8. The number of rotatable bonds is 3. The number of thiazole rings is 1. The maximum absolute atomic E-state index is 5.54. The van der Waals surface area contributed by atoms with Crippen molar-refractivity contribution in [2.45, 2.75) is 13.3 Å². The Hall–Kier alpha value is -1.66. The molecule has 3 aromatic heterocycles. The van der Waals surface area contributed by atoms with Crippen molar-refractivity contribution in [2.24, 2.45) is 5.73 Å². The van der Waals surface area contributed by atoms with Gasteiger partial charge in [-0.05, 0) is 19.5 Å². The number of nitrogens with zero attached hydrogens (tertiary/aromatic N) is 3. The topological polar surface area (TPSA) is 72.0 Å². The Labute approximate surface area is 102 Å². The molecule has 6 heteroatoms. The van der Waals surface area contributed by atoms with Crippen molar-refractivity contribution in [3.8, 4) is 11.4 Å². The number of H-pyrrole nitrogens is 1. The van der Waals surface area contributed by atoms with Gasteiger partial charge in [-0.25, -0.2) is 4.98 Å². The molecule has 0 unspecified atom stereocenters. The van der Waals surface area contributed by atoms with Gasteiger partial charge in [0.15, 0.2) is 4.96 Å². The van der Waals surface area contributed by atoms with Crippen LogP contribution in [0.1, 0.15) is 11.4 Å². The van der Waals surface area contributed by atoms with E-state index >= 15 is 0 Å². The van der Waals surface area contributed by atoms with E-state index in [9.17, 15) is 0 Å². The molecular formula is C11H13N5S. The van der Waals surface area contributed by atoms with Gasteiger partial charge in [0.25, 0.3) is 0 Å². The van der Waals surface area contributed by atoms with Crippen LogP contribution in [0, 0.1) is 6.92 Å². The molecule has 3 heterocycles. The van der Waals surface area contributed by atoms with Crippen LogP contribution in [0.3, 0.4) is 0 Å². The molecule has 0 aliphatic rings. The molecule has 0 fully saturated rings. The van der Waals surface area contributed by atoms with E-state index < -0.39 is 0 Å². The second-order valence-corrected chi connectivity index (χ2v) is 4.82. The summed E-state index contributed by atoms with van der Waals surface area (Å²) < 4.78 is 2.07. The minimum absolute atomic E-state index is 0.627. The van der Waals surface area contributed by atoms with E-state index in [1.165, 1.54) is 0 Å². The molecule has 3 N–H and O–H groups in total. The highest BCUT2D eigenvalue weighted by Crippen LogP contribution is 2.25. The fraction of sp³-hybridized carbons (Fsp3) is 0.273. The smallest absolute Gasteiger partial charge is 0.194 e. The summed E-state index contributed by atoms with van der Waals surface area (Å²) >= 11 is 1.62. The lowest BCUT2D eigenvalue weighted by molar-refractivity contribution is 0.937. The van der Waals surface area contributed by atoms with E-state index in [-0.39, 0.29) is 0 Å². The zero-order valence-electron chi connectivity index (χ0n) is 9.47. The fourth-order valence-electron chi connectivity index (χ4n) is 1.83. The first-order chi connectivity index (χ1) is 8.28. The highest BCUT2D eigenvalue weighted by molar-refractivity contribution is 7.15. The molecule has 0 aliphatic carbocycles. The van der Waals surface area contributed by atoms with Crippen LogP contribution in [0.15, 0.2) is 17.6 Å². The molecule has 0 aromatic carbocycles. The standard InChI is InChI=1S/C11H13N5S/c1-7-4-9(15-14-7)10-6-17-11-13-8(2-3-12)5-16(10)11/h4-6H,2-3,12H2,1H3,(H,14,15). The van der Waals surface area contributed by atoms with Crippen LogP contribution in [-0.2, 0) is 6.42 Å².